The number of carbonyl (C=O) groups is 3. The molecule has 0 fully saturated rings. The Bertz CT molecular complexity index is 860. The van der Waals surface area contributed by atoms with Crippen LogP contribution in [0.25, 0.3) is 0 Å². The van der Waals surface area contributed by atoms with Crippen LogP contribution in [0.1, 0.15) is 31.1 Å². The molecule has 116 valence electrons. The predicted octanol–water partition coefficient (Wildman–Crippen LogP) is 4.00. The van der Waals surface area contributed by atoms with Crippen molar-refractivity contribution >= 4 is 91.2 Å². The summed E-state index contributed by atoms with van der Waals surface area (Å²) in [4.78, 5) is 37.8. The molecule has 0 saturated heterocycles. The minimum atomic E-state index is -1.09. The van der Waals surface area contributed by atoms with E-state index < -0.39 is 17.8 Å². The van der Waals surface area contributed by atoms with Gasteiger partial charge in [-0.2, -0.15) is 0 Å². The highest BCUT2D eigenvalue weighted by molar-refractivity contribution is 14.1. The number of amides is 2. The number of carboxylic acid groups (broad SMARTS) is 1. The third-order valence-corrected chi connectivity index (χ3v) is 6.10. The third-order valence-electron chi connectivity index (χ3n) is 3.38. The largest absolute Gasteiger partial charge is 0.478 e. The fourth-order valence-electron chi connectivity index (χ4n) is 2.37. The number of rotatable bonds is 2. The highest BCUT2D eigenvalue weighted by Crippen LogP contribution is 2.38. The first-order valence-corrected chi connectivity index (χ1v) is 9.46. The van der Waals surface area contributed by atoms with E-state index in [1.807, 2.05) is 67.8 Å². The average molecular weight is 645 g/mol. The van der Waals surface area contributed by atoms with Gasteiger partial charge in [-0.05, 0) is 86.0 Å². The average Bonchev–Trinajstić information content (AvgIpc) is 2.72. The van der Waals surface area contributed by atoms with Gasteiger partial charge in [0, 0.05) is 7.14 Å². The van der Waals surface area contributed by atoms with E-state index in [2.05, 4.69) is 0 Å². The second-order valence-electron chi connectivity index (χ2n) is 4.67. The molecule has 5 nitrogen and oxygen atoms in total. The highest BCUT2D eigenvalue weighted by Gasteiger charge is 2.39. The molecule has 0 bridgehead atoms. The summed E-state index contributed by atoms with van der Waals surface area (Å²) in [5.74, 6) is -1.95. The molecule has 0 aliphatic carbocycles. The van der Waals surface area contributed by atoms with Gasteiger partial charge in [-0.1, -0.05) is 12.1 Å². The van der Waals surface area contributed by atoms with Crippen LogP contribution in [-0.4, -0.2) is 22.9 Å². The number of benzene rings is 2. The zero-order valence-corrected chi connectivity index (χ0v) is 17.6. The van der Waals surface area contributed by atoms with Crippen LogP contribution in [0.4, 0.5) is 5.69 Å². The lowest BCUT2D eigenvalue weighted by molar-refractivity contribution is 0.0693. The molecule has 2 amide bonds. The number of nitrogens with zero attached hydrogens (tertiary/aromatic N) is 1. The summed E-state index contributed by atoms with van der Waals surface area (Å²) < 4.78 is 1.58. The lowest BCUT2D eigenvalue weighted by Gasteiger charge is -2.19. The Kier molecular flexibility index (Phi) is 4.66. The zero-order valence-electron chi connectivity index (χ0n) is 11.1. The molecule has 1 aliphatic heterocycles. The second-order valence-corrected chi connectivity index (χ2v) is 8.08. The maximum absolute atomic E-state index is 12.6. The Hall–Kier alpha value is -0.760. The van der Waals surface area contributed by atoms with E-state index in [1.165, 1.54) is 0 Å². The molecule has 0 atom stereocenters. The van der Waals surface area contributed by atoms with Crippen molar-refractivity contribution in [1.29, 1.82) is 0 Å². The van der Waals surface area contributed by atoms with E-state index in [1.54, 1.807) is 30.3 Å². The number of halogens is 3. The Morgan fingerprint density at radius 2 is 1.48 bits per heavy atom. The number of carboxylic acids is 1. The van der Waals surface area contributed by atoms with Gasteiger partial charge < -0.3 is 5.11 Å². The summed E-state index contributed by atoms with van der Waals surface area (Å²) in [5.41, 5.74) is 1.09. The van der Waals surface area contributed by atoms with Crippen LogP contribution in [0.3, 0.4) is 0 Å². The number of imide groups is 1. The topological polar surface area (TPSA) is 74.7 Å². The van der Waals surface area contributed by atoms with E-state index in [0.29, 0.717) is 27.5 Å². The first kappa shape index (κ1) is 17.1. The van der Waals surface area contributed by atoms with Crippen LogP contribution >= 0.6 is 67.8 Å². The van der Waals surface area contributed by atoms with Crippen molar-refractivity contribution in [2.24, 2.45) is 0 Å². The fourth-order valence-corrected chi connectivity index (χ4v) is 6.69. The molecule has 0 aromatic heterocycles. The Morgan fingerprint density at radius 3 is 1.96 bits per heavy atom. The molecule has 0 saturated carbocycles. The van der Waals surface area contributed by atoms with Crippen LogP contribution in [-0.2, 0) is 0 Å². The quantitative estimate of drug-likeness (QED) is 0.397. The normalized spacial score (nSPS) is 13.4. The first-order valence-electron chi connectivity index (χ1n) is 6.23. The second kappa shape index (κ2) is 6.27. The van der Waals surface area contributed by atoms with Gasteiger partial charge in [0.15, 0.2) is 0 Å². The standard InChI is InChI=1S/C15H6I3NO4/c16-8-5-9(17)12(11(18)10(8)15(22)23)19-13(20)6-3-1-2-4-7(6)14(19)21/h1-5H,(H,22,23). The predicted molar refractivity (Wildman–Crippen MR) is 109 cm³/mol. The van der Waals surface area contributed by atoms with Crippen molar-refractivity contribution < 1.29 is 19.5 Å². The number of anilines is 1. The molecule has 0 spiro atoms. The monoisotopic (exact) mass is 645 g/mol. The molecule has 2 aromatic rings. The smallest absolute Gasteiger partial charge is 0.337 e. The van der Waals surface area contributed by atoms with Crippen molar-refractivity contribution in [3.63, 3.8) is 0 Å². The first-order chi connectivity index (χ1) is 10.8. The number of hydrogen-bond donors (Lipinski definition) is 1. The molecule has 0 unspecified atom stereocenters. The molecular weight excluding hydrogens is 639 g/mol. The van der Waals surface area contributed by atoms with E-state index in [-0.39, 0.29) is 5.56 Å². The van der Waals surface area contributed by atoms with Gasteiger partial charge >= 0.3 is 5.97 Å². The van der Waals surface area contributed by atoms with Gasteiger partial charge in [-0.25, -0.2) is 9.69 Å². The van der Waals surface area contributed by atoms with Gasteiger partial charge in [-0.15, -0.1) is 0 Å². The van der Waals surface area contributed by atoms with Crippen LogP contribution in [0, 0.1) is 10.7 Å². The minimum absolute atomic E-state index is 0.0955. The molecule has 8 heteroatoms. The number of carbonyl (C=O) groups excluding carboxylic acids is 2. The SMILES string of the molecule is O=C(O)c1c(I)cc(I)c(N2C(=O)c3ccccc3C2=O)c1I. The molecule has 2 aromatic carbocycles. The summed E-state index contributed by atoms with van der Waals surface area (Å²) in [5, 5.41) is 9.41. The fraction of sp³-hybridized carbons (Fsp3) is 0. The van der Waals surface area contributed by atoms with E-state index in [0.717, 1.165) is 4.90 Å². The van der Waals surface area contributed by atoms with Gasteiger partial charge in [0.1, 0.15) is 0 Å². The van der Waals surface area contributed by atoms with Crippen LogP contribution in [0.5, 0.6) is 0 Å². The van der Waals surface area contributed by atoms with Gasteiger partial charge in [0.05, 0.1) is 25.9 Å². The minimum Gasteiger partial charge on any atom is -0.478 e. The molecule has 3 rings (SSSR count). The maximum Gasteiger partial charge on any atom is 0.337 e. The van der Waals surface area contributed by atoms with Gasteiger partial charge in [-0.3, -0.25) is 9.59 Å². The van der Waals surface area contributed by atoms with Crippen molar-refractivity contribution in [1.82, 2.24) is 0 Å². The molecule has 1 heterocycles. The van der Waals surface area contributed by atoms with Gasteiger partial charge in [0.25, 0.3) is 11.8 Å². The van der Waals surface area contributed by atoms with E-state index >= 15 is 0 Å². The Morgan fingerprint density at radius 1 is 0.957 bits per heavy atom. The van der Waals surface area contributed by atoms with Crippen LogP contribution in [0.15, 0.2) is 30.3 Å². The lowest BCUT2D eigenvalue weighted by Crippen LogP contribution is -2.31. The lowest BCUT2D eigenvalue weighted by atomic mass is 10.1. The van der Waals surface area contributed by atoms with Crippen molar-refractivity contribution in [2.75, 3.05) is 4.90 Å². The summed E-state index contributed by atoms with van der Waals surface area (Å²) in [6, 6.07) is 8.24. The Labute approximate surface area is 171 Å². The molecule has 1 aliphatic rings. The third kappa shape index (κ3) is 2.67. The summed E-state index contributed by atoms with van der Waals surface area (Å²) >= 11 is 5.83. The Balaban J connectivity index is 2.25. The van der Waals surface area contributed by atoms with Crippen molar-refractivity contribution in [3.05, 3.63) is 57.7 Å². The van der Waals surface area contributed by atoms with Crippen molar-refractivity contribution in [3.8, 4) is 0 Å². The molecule has 1 N–H and O–H groups in total. The van der Waals surface area contributed by atoms with E-state index in [4.69, 9.17) is 0 Å². The number of fused-ring (bicyclic) bond motifs is 1. The summed E-state index contributed by atoms with van der Waals surface area (Å²) in [6.45, 7) is 0. The zero-order chi connectivity index (χ0) is 16.9. The maximum atomic E-state index is 12.6. The summed E-state index contributed by atoms with van der Waals surface area (Å²) in [6.07, 6.45) is 0. The van der Waals surface area contributed by atoms with Gasteiger partial charge in [0.2, 0.25) is 0 Å². The van der Waals surface area contributed by atoms with Crippen LogP contribution in [0.2, 0.25) is 0 Å². The number of hydrogen-bond acceptors (Lipinski definition) is 3. The van der Waals surface area contributed by atoms with Crippen LogP contribution < -0.4 is 4.90 Å². The van der Waals surface area contributed by atoms with E-state index in [9.17, 15) is 19.5 Å². The highest BCUT2D eigenvalue weighted by atomic mass is 127. The molecule has 0 radical (unpaired) electrons. The number of aromatic carboxylic acids is 1. The summed E-state index contributed by atoms with van der Waals surface area (Å²) in [7, 11) is 0. The van der Waals surface area contributed by atoms with Crippen molar-refractivity contribution in [2.45, 2.75) is 0 Å². The molecular formula is C15H6I3NO4. The molecule has 23 heavy (non-hydrogen) atoms.